The number of carbonyl (C=O) groups excluding carboxylic acids is 2. The summed E-state index contributed by atoms with van der Waals surface area (Å²) in [5.41, 5.74) is 28.2. The third kappa shape index (κ3) is 20.0. The van der Waals surface area contributed by atoms with Crippen molar-refractivity contribution in [3.8, 4) is 62.5 Å². The molecule has 0 fully saturated rings. The van der Waals surface area contributed by atoms with E-state index < -0.39 is 20.4 Å². The number of pyridine rings is 8. The Labute approximate surface area is 729 Å². The van der Waals surface area contributed by atoms with Crippen LogP contribution in [0.1, 0.15) is 87.9 Å². The van der Waals surface area contributed by atoms with E-state index in [1.54, 1.807) is 47.1 Å². The van der Waals surface area contributed by atoms with Gasteiger partial charge in [-0.2, -0.15) is 46.1 Å². The van der Waals surface area contributed by atoms with E-state index in [-0.39, 0.29) is 6.16 Å². The number of nitrogens with two attached hydrogens (primary N) is 1. The molecule has 3 aliphatic rings. The maximum absolute atomic E-state index is 11.4. The van der Waals surface area contributed by atoms with Gasteiger partial charge in [0.25, 0.3) is 0 Å². The predicted octanol–water partition coefficient (Wildman–Crippen LogP) is 10.8. The number of hydrogen-bond donors (Lipinski definition) is 5. The van der Waals surface area contributed by atoms with Gasteiger partial charge in [-0.3, -0.25) is 43.2 Å². The lowest BCUT2D eigenvalue weighted by atomic mass is 9.77. The number of rotatable bonds is 16. The molecule has 3 aliphatic heterocycles. The van der Waals surface area contributed by atoms with Gasteiger partial charge in [-0.05, 0) is 262 Å². The van der Waals surface area contributed by atoms with Gasteiger partial charge in [-0.1, -0.05) is 18.2 Å². The molecule has 0 spiro atoms. The first-order chi connectivity index (χ1) is 58.2. The van der Waals surface area contributed by atoms with Crippen LogP contribution >= 0.6 is 75.1 Å². The molecule has 610 valence electrons. The topological polar surface area (TPSA) is 418 Å². The largest absolute Gasteiger partial charge is 0.492 e. The van der Waals surface area contributed by atoms with E-state index in [9.17, 15) is 24.2 Å². The van der Waals surface area contributed by atoms with Crippen LogP contribution in [0, 0.1) is 42.8 Å². The Bertz CT molecular complexity index is 6570. The number of primary amides is 1. The highest BCUT2D eigenvalue weighted by Crippen LogP contribution is 2.43. The van der Waals surface area contributed by atoms with Gasteiger partial charge in [-0.15, -0.1) is 0 Å². The Balaban J connectivity index is 0.000000126. The van der Waals surface area contributed by atoms with Crippen molar-refractivity contribution in [2.75, 3.05) is 33.5 Å². The highest BCUT2D eigenvalue weighted by Gasteiger charge is 2.32. The molecular formula is C81H81BI3N28O6P. The fourth-order valence-corrected chi connectivity index (χ4v) is 16.2. The van der Waals surface area contributed by atoms with Gasteiger partial charge in [0.05, 0.1) is 46.8 Å². The van der Waals surface area contributed by atoms with Crippen molar-refractivity contribution in [3.63, 3.8) is 0 Å². The third-order valence-corrected chi connectivity index (χ3v) is 22.9. The first kappa shape index (κ1) is 85.9. The van der Waals surface area contributed by atoms with E-state index in [2.05, 4.69) is 154 Å². The molecule has 6 N–H and O–H groups in total. The molecule has 16 aromatic rings. The molecule has 0 radical (unpaired) electrons. The zero-order valence-corrected chi connectivity index (χ0v) is 73.6. The first-order valence-corrected chi connectivity index (χ1v) is 43.4. The average Bonchev–Trinajstić information content (AvgIpc) is 1.60. The maximum Gasteiger partial charge on any atom is 0.492 e. The summed E-state index contributed by atoms with van der Waals surface area (Å²) in [6.07, 6.45) is 27.1. The Morgan fingerprint density at radius 2 is 0.967 bits per heavy atom. The number of carbonyl (C=O) groups is 2. The number of amides is 1. The minimum absolute atomic E-state index is 0.0147. The molecule has 0 aromatic carbocycles. The molecule has 19 heterocycles. The highest BCUT2D eigenvalue weighted by atomic mass is 127. The van der Waals surface area contributed by atoms with E-state index in [1.165, 1.54) is 35.6 Å². The van der Waals surface area contributed by atoms with Crippen LogP contribution in [0.4, 0.5) is 0 Å². The first-order valence-electron chi connectivity index (χ1n) is 37.9. The molecule has 19 rings (SSSR count). The molecule has 16 aromatic heterocycles. The van der Waals surface area contributed by atoms with Gasteiger partial charge in [-0.25, -0.2) is 47.5 Å². The molecule has 39 heteroatoms. The van der Waals surface area contributed by atoms with E-state index in [0.29, 0.717) is 40.4 Å². The van der Waals surface area contributed by atoms with Crippen LogP contribution in [0.25, 0.3) is 103 Å². The van der Waals surface area contributed by atoms with Gasteiger partial charge in [0.15, 0.2) is 34.5 Å². The molecule has 1 amide bonds. The Morgan fingerprint density at radius 1 is 0.558 bits per heavy atom. The quantitative estimate of drug-likeness (QED) is 0.0197. The van der Waals surface area contributed by atoms with Crippen LogP contribution in [0.2, 0.25) is 0 Å². The van der Waals surface area contributed by atoms with Gasteiger partial charge in [0.2, 0.25) is 13.3 Å². The van der Waals surface area contributed by atoms with Crippen molar-refractivity contribution < 1.29 is 28.7 Å². The lowest BCUT2D eigenvalue weighted by molar-refractivity contribution is -0.113. The number of aryl methyl sites for hydroxylation is 6. The summed E-state index contributed by atoms with van der Waals surface area (Å²) < 4.78 is 33.7. The van der Waals surface area contributed by atoms with Crippen LogP contribution in [-0.4, -0.2) is 180 Å². The zero-order valence-electron chi connectivity index (χ0n) is 66.2. The minimum Gasteiger partial charge on any atom is -0.423 e. The van der Waals surface area contributed by atoms with Crippen LogP contribution in [-0.2, 0) is 52.8 Å². The Kier molecular flexibility index (Phi) is 28.4. The number of nitrogens with one attached hydrogen (secondary N) is 2. The third-order valence-electron chi connectivity index (χ3n) is 18.9. The van der Waals surface area contributed by atoms with Crippen molar-refractivity contribution in [2.45, 2.75) is 85.9 Å². The second-order valence-corrected chi connectivity index (χ2v) is 33.3. The highest BCUT2D eigenvalue weighted by molar-refractivity contribution is 14.1. The predicted molar refractivity (Wildman–Crippen MR) is 482 cm³/mol. The van der Waals surface area contributed by atoms with Crippen molar-refractivity contribution in [1.82, 2.24) is 128 Å². The van der Waals surface area contributed by atoms with Crippen molar-refractivity contribution in [3.05, 3.63) is 239 Å². The van der Waals surface area contributed by atoms with E-state index in [1.807, 2.05) is 189 Å². The Hall–Kier alpha value is -12.0. The van der Waals surface area contributed by atoms with Crippen molar-refractivity contribution in [1.29, 1.82) is 5.26 Å². The summed E-state index contributed by atoms with van der Waals surface area (Å²) in [4.78, 5) is 56.6. The summed E-state index contributed by atoms with van der Waals surface area (Å²) in [7, 11) is -0.298. The van der Waals surface area contributed by atoms with Crippen LogP contribution in [0.5, 0.6) is 0 Å². The summed E-state index contributed by atoms with van der Waals surface area (Å²) in [5.74, 6) is -0.520. The average molecular weight is 1970 g/mol. The molecule has 120 heavy (non-hydrogen) atoms. The molecule has 0 saturated heterocycles. The second kappa shape index (κ2) is 39.7. The van der Waals surface area contributed by atoms with Gasteiger partial charge >= 0.3 is 7.12 Å². The fraction of sp³-hybridized carbons (Fsp3) is 0.222. The summed E-state index contributed by atoms with van der Waals surface area (Å²) in [5, 5.41) is 68.4. The smallest absolute Gasteiger partial charge is 0.423 e. The SMILES string of the molecule is CCOP(C)(=O)CC#N.CN/C=C/c1c(-c2c(-c3cccc(C)n3)nn3c2CCC3)ccc2ncnn12.CN/C=C/c1c(I)ccc2ncnn12.Cc1cccc(-c2nn3c(c2-c2ccc4ncnn4c2/C=C/C(N)=O)CCC3)n1.Cc1cccc(-c2nn3c(c2B(O)O)CCC3)n1.Ic1ccc2ncnn2c1.O=Cc1c(I)ccc2ncnn12. The number of halogens is 3. The van der Waals surface area contributed by atoms with E-state index >= 15 is 0 Å². The van der Waals surface area contributed by atoms with Crippen LogP contribution in [0.3, 0.4) is 0 Å². The lowest BCUT2D eigenvalue weighted by Gasteiger charge is -2.11. The van der Waals surface area contributed by atoms with Gasteiger partial charge in [0, 0.05) is 125 Å². The van der Waals surface area contributed by atoms with Crippen molar-refractivity contribution in [2.24, 2.45) is 5.73 Å². The number of hydrogen-bond acceptors (Lipinski definition) is 25. The molecule has 0 bridgehead atoms. The minimum atomic E-state index is -2.55. The second-order valence-electron chi connectivity index (χ2n) is 27.2. The van der Waals surface area contributed by atoms with Crippen molar-refractivity contribution >= 4 is 146 Å². The van der Waals surface area contributed by atoms with Crippen LogP contribution < -0.4 is 21.8 Å². The molecule has 0 saturated carbocycles. The molecule has 1 unspecified atom stereocenters. The van der Waals surface area contributed by atoms with E-state index in [0.717, 1.165) is 183 Å². The molecule has 1 atom stereocenters. The summed E-state index contributed by atoms with van der Waals surface area (Å²) >= 11 is 6.60. The molecule has 34 nitrogen and oxygen atoms in total. The molecule has 0 aliphatic carbocycles. The van der Waals surface area contributed by atoms with E-state index in [4.69, 9.17) is 35.7 Å². The van der Waals surface area contributed by atoms with Gasteiger partial charge in [0.1, 0.15) is 60.6 Å². The lowest BCUT2D eigenvalue weighted by Crippen LogP contribution is -2.33. The standard InChI is InChI=1S/C21H19N7O.C21H21N7.C12H14BN3O2.C9H9IN4.C7H4IN3O.C6H4IN3.C5H10NO2P/c1-13-4-2-5-15(25-13)21-20(17-6-3-11-27(17)26-21)14-7-10-19-23-12-24-28(19)16(14)8-9-18(22)29;1-14-5-3-6-16(25-14)21-20(18-7-4-12-27(18)26-21)15-8-9-19-23-13-24-28(19)17(15)10-11-22-2;1-8-4-2-5-9(14-8)12-11(13(17)18)10-6-3-7-16(10)15-12;1-11-5-4-8-7(10)2-3-9-12-6-13-14(8)9;8-5-1-2-7-9-4-10-11(7)6(5)3-12;7-5-1-2-6-8-4-9-10(6)3-5;1-3-8-9(2,7)5-4-6/h2,4-5,7-10,12H,3,6,11H2,1H3,(H2,22,29);3,5-6,8-11,13,22H,4,7,12H2,1-2H3;2,4-5,17-18H,3,6-7H2,1H3;2-6,11H,1H3;1-4H;1-4H;3,5H2,1-2H3/b9-8+;11-10+;;5-4+;;;. The maximum atomic E-state index is 11.4. The number of fused-ring (bicyclic) bond motifs is 8. The van der Waals surface area contributed by atoms with Gasteiger partial charge < -0.3 is 30.9 Å². The number of aromatic nitrogens is 24. The number of nitriles is 1. The monoisotopic (exact) mass is 1960 g/mol. The number of nitrogens with zero attached hydrogens (tertiary/aromatic N) is 25. The van der Waals surface area contributed by atoms with Crippen LogP contribution in [0.15, 0.2) is 172 Å². The molecular weight excluding hydrogens is 1880 g/mol. The summed E-state index contributed by atoms with van der Waals surface area (Å²) in [6.45, 7) is 12.2. The summed E-state index contributed by atoms with van der Waals surface area (Å²) in [6, 6.07) is 39.1. The Morgan fingerprint density at radius 3 is 1.43 bits per heavy atom. The number of aldehydes is 1. The fourth-order valence-electron chi connectivity index (χ4n) is 13.7. The zero-order chi connectivity index (χ0) is 84.6. The normalized spacial score (nSPS) is 12.9.